The lowest BCUT2D eigenvalue weighted by Gasteiger charge is -2.40. The standard InChI is InChI=1S/C19H32O2/c1-18(2)12-16(19(3,4)21-18)17(20)15-10-9-13-7-5-6-8-14(13)11-15/h13-16H,5-12H2,1-4H3. The Bertz CT molecular complexity index is 410. The summed E-state index contributed by atoms with van der Waals surface area (Å²) in [7, 11) is 0. The van der Waals surface area contributed by atoms with Gasteiger partial charge in [0, 0.05) is 11.8 Å². The Hall–Kier alpha value is -0.370. The number of hydrogen-bond acceptors (Lipinski definition) is 2. The van der Waals surface area contributed by atoms with Gasteiger partial charge in [0.15, 0.2) is 0 Å². The van der Waals surface area contributed by atoms with Crippen molar-refractivity contribution >= 4 is 5.78 Å². The van der Waals surface area contributed by atoms with Crippen LogP contribution >= 0.6 is 0 Å². The fourth-order valence-corrected chi connectivity index (χ4v) is 5.42. The summed E-state index contributed by atoms with van der Waals surface area (Å²) in [4.78, 5) is 13.1. The lowest BCUT2D eigenvalue weighted by molar-refractivity contribution is -0.135. The zero-order valence-electron chi connectivity index (χ0n) is 14.3. The molecule has 1 heterocycles. The summed E-state index contributed by atoms with van der Waals surface area (Å²) in [6, 6.07) is 0. The van der Waals surface area contributed by atoms with Crippen LogP contribution in [0.15, 0.2) is 0 Å². The van der Waals surface area contributed by atoms with Gasteiger partial charge in [-0.25, -0.2) is 0 Å². The SMILES string of the molecule is CC1(C)CC(C(=O)C2CCC3CCCCC3C2)C(C)(C)O1. The first kappa shape index (κ1) is 15.5. The van der Waals surface area contributed by atoms with Crippen molar-refractivity contribution in [1.29, 1.82) is 0 Å². The normalized spacial score (nSPS) is 41.5. The summed E-state index contributed by atoms with van der Waals surface area (Å²) in [5.41, 5.74) is -0.435. The first-order valence-electron chi connectivity index (χ1n) is 9.02. The highest BCUT2D eigenvalue weighted by atomic mass is 16.5. The second-order valence-electron chi connectivity index (χ2n) is 8.94. The number of hydrogen-bond donors (Lipinski definition) is 0. The van der Waals surface area contributed by atoms with Gasteiger partial charge in [-0.1, -0.05) is 25.7 Å². The van der Waals surface area contributed by atoms with Crippen molar-refractivity contribution in [3.63, 3.8) is 0 Å². The van der Waals surface area contributed by atoms with Crippen LogP contribution in [0.3, 0.4) is 0 Å². The summed E-state index contributed by atoms with van der Waals surface area (Å²) in [6.45, 7) is 8.47. The van der Waals surface area contributed by atoms with E-state index in [0.717, 1.165) is 31.1 Å². The molecule has 0 radical (unpaired) electrons. The zero-order valence-corrected chi connectivity index (χ0v) is 14.3. The second kappa shape index (κ2) is 5.37. The molecule has 3 fully saturated rings. The quantitative estimate of drug-likeness (QED) is 0.733. The van der Waals surface area contributed by atoms with E-state index in [9.17, 15) is 4.79 Å². The maximum Gasteiger partial charge on any atom is 0.142 e. The summed E-state index contributed by atoms with van der Waals surface area (Å²) in [6.07, 6.45) is 10.1. The highest BCUT2D eigenvalue weighted by Gasteiger charge is 2.51. The summed E-state index contributed by atoms with van der Waals surface area (Å²) in [5.74, 6) is 2.67. The molecule has 2 saturated carbocycles. The van der Waals surface area contributed by atoms with E-state index in [1.165, 1.54) is 32.1 Å². The molecule has 3 aliphatic rings. The van der Waals surface area contributed by atoms with Gasteiger partial charge in [0.2, 0.25) is 0 Å². The Balaban J connectivity index is 1.68. The molecule has 2 nitrogen and oxygen atoms in total. The Morgan fingerprint density at radius 1 is 0.952 bits per heavy atom. The molecule has 0 aromatic carbocycles. The third-order valence-electron chi connectivity index (χ3n) is 6.36. The number of ether oxygens (including phenoxy) is 1. The molecule has 3 rings (SSSR count). The summed E-state index contributed by atoms with van der Waals surface area (Å²) < 4.78 is 6.15. The van der Waals surface area contributed by atoms with Crippen LogP contribution in [0.25, 0.3) is 0 Å². The summed E-state index contributed by atoms with van der Waals surface area (Å²) in [5, 5.41) is 0. The van der Waals surface area contributed by atoms with Crippen LogP contribution in [0.5, 0.6) is 0 Å². The van der Waals surface area contributed by atoms with Gasteiger partial charge < -0.3 is 4.74 Å². The van der Waals surface area contributed by atoms with Crippen molar-refractivity contribution in [2.24, 2.45) is 23.7 Å². The van der Waals surface area contributed by atoms with Crippen LogP contribution in [0.1, 0.15) is 79.1 Å². The van der Waals surface area contributed by atoms with Crippen LogP contribution in [0, 0.1) is 23.7 Å². The molecule has 2 aliphatic carbocycles. The highest BCUT2D eigenvalue weighted by molar-refractivity contribution is 5.85. The van der Waals surface area contributed by atoms with Gasteiger partial charge >= 0.3 is 0 Å². The average Bonchev–Trinajstić information content (AvgIpc) is 2.65. The molecule has 0 spiro atoms. The van der Waals surface area contributed by atoms with E-state index in [1.54, 1.807) is 0 Å². The molecule has 0 amide bonds. The van der Waals surface area contributed by atoms with E-state index < -0.39 is 0 Å². The molecular weight excluding hydrogens is 260 g/mol. The molecule has 21 heavy (non-hydrogen) atoms. The first-order valence-corrected chi connectivity index (χ1v) is 9.02. The molecule has 0 aromatic heterocycles. The maximum atomic E-state index is 13.1. The van der Waals surface area contributed by atoms with E-state index >= 15 is 0 Å². The minimum atomic E-state index is -0.288. The Morgan fingerprint density at radius 2 is 1.62 bits per heavy atom. The number of ketones is 1. The Kier molecular flexibility index (Phi) is 3.97. The molecule has 2 heteroatoms. The number of rotatable bonds is 2. The van der Waals surface area contributed by atoms with Gasteiger partial charge in [-0.15, -0.1) is 0 Å². The van der Waals surface area contributed by atoms with E-state index in [2.05, 4.69) is 27.7 Å². The van der Waals surface area contributed by atoms with Crippen LogP contribution in [-0.2, 0) is 9.53 Å². The number of Topliss-reactive ketones (excluding diaryl/α,β-unsaturated/α-hetero) is 1. The number of fused-ring (bicyclic) bond motifs is 1. The van der Waals surface area contributed by atoms with Crippen molar-refractivity contribution in [2.45, 2.75) is 90.3 Å². The Morgan fingerprint density at radius 3 is 2.24 bits per heavy atom. The van der Waals surface area contributed by atoms with Gasteiger partial charge in [-0.05, 0) is 65.2 Å². The lowest BCUT2D eigenvalue weighted by Crippen LogP contribution is -2.40. The largest absolute Gasteiger partial charge is 0.369 e. The first-order chi connectivity index (χ1) is 9.78. The van der Waals surface area contributed by atoms with E-state index in [1.807, 2.05) is 0 Å². The van der Waals surface area contributed by atoms with Gasteiger partial charge in [0.05, 0.1) is 11.2 Å². The van der Waals surface area contributed by atoms with Crippen LogP contribution in [0.2, 0.25) is 0 Å². The fourth-order valence-electron chi connectivity index (χ4n) is 5.42. The Labute approximate surface area is 130 Å². The monoisotopic (exact) mass is 292 g/mol. The molecule has 0 bridgehead atoms. The molecule has 1 aliphatic heterocycles. The smallest absolute Gasteiger partial charge is 0.142 e. The van der Waals surface area contributed by atoms with Crippen molar-refractivity contribution in [1.82, 2.24) is 0 Å². The van der Waals surface area contributed by atoms with Crippen LogP contribution in [-0.4, -0.2) is 17.0 Å². The van der Waals surface area contributed by atoms with Crippen molar-refractivity contribution in [3.8, 4) is 0 Å². The maximum absolute atomic E-state index is 13.1. The highest BCUT2D eigenvalue weighted by Crippen LogP contribution is 2.48. The molecule has 1 saturated heterocycles. The molecule has 0 aromatic rings. The van der Waals surface area contributed by atoms with E-state index in [0.29, 0.717) is 11.7 Å². The average molecular weight is 292 g/mol. The van der Waals surface area contributed by atoms with E-state index in [-0.39, 0.29) is 17.1 Å². The second-order valence-corrected chi connectivity index (χ2v) is 8.94. The predicted octanol–water partition coefficient (Wildman–Crippen LogP) is 4.76. The molecule has 120 valence electrons. The van der Waals surface area contributed by atoms with Crippen LogP contribution in [0.4, 0.5) is 0 Å². The number of carbonyl (C=O) groups is 1. The predicted molar refractivity (Wildman–Crippen MR) is 85.1 cm³/mol. The van der Waals surface area contributed by atoms with Crippen LogP contribution < -0.4 is 0 Å². The molecule has 4 unspecified atom stereocenters. The van der Waals surface area contributed by atoms with Gasteiger partial charge in [0.25, 0.3) is 0 Å². The van der Waals surface area contributed by atoms with Crippen molar-refractivity contribution < 1.29 is 9.53 Å². The minimum Gasteiger partial charge on any atom is -0.369 e. The van der Waals surface area contributed by atoms with E-state index in [4.69, 9.17) is 4.74 Å². The van der Waals surface area contributed by atoms with Crippen molar-refractivity contribution in [2.75, 3.05) is 0 Å². The topological polar surface area (TPSA) is 26.3 Å². The molecule has 4 atom stereocenters. The molecule has 0 N–H and O–H groups in total. The number of carbonyl (C=O) groups excluding carboxylic acids is 1. The van der Waals surface area contributed by atoms with Gasteiger partial charge in [0.1, 0.15) is 5.78 Å². The summed E-state index contributed by atoms with van der Waals surface area (Å²) >= 11 is 0. The van der Waals surface area contributed by atoms with Crippen molar-refractivity contribution in [3.05, 3.63) is 0 Å². The zero-order chi connectivity index (χ0) is 15.3. The lowest BCUT2D eigenvalue weighted by atomic mass is 9.64. The molecular formula is C19H32O2. The third kappa shape index (κ3) is 3.06. The minimum absolute atomic E-state index is 0.0950. The fraction of sp³-hybridized carbons (Fsp3) is 0.947. The van der Waals surface area contributed by atoms with Gasteiger partial charge in [-0.3, -0.25) is 4.79 Å². The third-order valence-corrected chi connectivity index (χ3v) is 6.36. The van der Waals surface area contributed by atoms with Gasteiger partial charge in [-0.2, -0.15) is 0 Å².